The minimum atomic E-state index is -0.484. The Morgan fingerprint density at radius 2 is 2.11 bits per heavy atom. The topological polar surface area (TPSA) is 92.5 Å². The van der Waals surface area contributed by atoms with Gasteiger partial charge in [0.05, 0.1) is 17.6 Å². The van der Waals surface area contributed by atoms with E-state index in [1.54, 1.807) is 6.92 Å². The fraction of sp³-hybridized carbons (Fsp3) is 0.462. The van der Waals surface area contributed by atoms with Gasteiger partial charge in [0.1, 0.15) is 0 Å². The second-order valence-electron chi connectivity index (χ2n) is 4.76. The van der Waals surface area contributed by atoms with Gasteiger partial charge in [0.15, 0.2) is 0 Å². The zero-order valence-electron chi connectivity index (χ0n) is 11.2. The molecule has 0 saturated carbocycles. The Labute approximate surface area is 111 Å². The third-order valence-electron chi connectivity index (χ3n) is 2.97. The minimum absolute atomic E-state index is 0.0147. The number of aliphatic hydroxyl groups is 1. The summed E-state index contributed by atoms with van der Waals surface area (Å²) in [6.45, 7) is 5.22. The highest BCUT2D eigenvalue weighted by Crippen LogP contribution is 2.18. The van der Waals surface area contributed by atoms with E-state index in [9.17, 15) is 14.9 Å². The van der Waals surface area contributed by atoms with Crippen LogP contribution in [-0.2, 0) is 0 Å². The molecule has 0 aliphatic rings. The summed E-state index contributed by atoms with van der Waals surface area (Å²) in [6, 6.07) is 3.87. The van der Waals surface area contributed by atoms with Gasteiger partial charge in [0, 0.05) is 17.2 Å². The maximum absolute atomic E-state index is 12.0. The summed E-state index contributed by atoms with van der Waals surface area (Å²) in [7, 11) is 0. The summed E-state index contributed by atoms with van der Waals surface area (Å²) in [6.07, 6.45) is 0. The van der Waals surface area contributed by atoms with Crippen molar-refractivity contribution in [3.63, 3.8) is 0 Å². The number of nitro groups is 1. The average Bonchev–Trinajstić information content (AvgIpc) is 2.34. The number of nitro benzene ring substituents is 1. The van der Waals surface area contributed by atoms with Crippen molar-refractivity contribution in [2.24, 2.45) is 5.92 Å². The molecule has 1 atom stereocenters. The third-order valence-corrected chi connectivity index (χ3v) is 2.97. The summed E-state index contributed by atoms with van der Waals surface area (Å²) in [5, 5.41) is 22.5. The van der Waals surface area contributed by atoms with Crippen molar-refractivity contribution in [2.75, 3.05) is 6.61 Å². The Balaban J connectivity index is 2.89. The first-order valence-electron chi connectivity index (χ1n) is 6.03. The fourth-order valence-electron chi connectivity index (χ4n) is 1.68. The highest BCUT2D eigenvalue weighted by molar-refractivity contribution is 5.94. The predicted molar refractivity (Wildman–Crippen MR) is 71.0 cm³/mol. The number of benzene rings is 1. The van der Waals surface area contributed by atoms with Gasteiger partial charge in [-0.05, 0) is 25.0 Å². The monoisotopic (exact) mass is 266 g/mol. The van der Waals surface area contributed by atoms with Crippen LogP contribution >= 0.6 is 0 Å². The maximum Gasteiger partial charge on any atom is 0.272 e. The van der Waals surface area contributed by atoms with Gasteiger partial charge in [-0.2, -0.15) is 0 Å². The molecule has 0 radical (unpaired) electrons. The number of amides is 1. The van der Waals surface area contributed by atoms with E-state index in [2.05, 4.69) is 5.32 Å². The van der Waals surface area contributed by atoms with Crippen LogP contribution in [-0.4, -0.2) is 28.6 Å². The lowest BCUT2D eigenvalue weighted by Gasteiger charge is -2.19. The minimum Gasteiger partial charge on any atom is -0.394 e. The van der Waals surface area contributed by atoms with Crippen molar-refractivity contribution in [3.8, 4) is 0 Å². The molecule has 0 saturated heterocycles. The number of hydrogen-bond donors (Lipinski definition) is 2. The molecule has 1 amide bonds. The van der Waals surface area contributed by atoms with Crippen molar-refractivity contribution in [3.05, 3.63) is 39.4 Å². The number of aliphatic hydroxyl groups excluding tert-OH is 1. The molecule has 0 aromatic heterocycles. The van der Waals surface area contributed by atoms with E-state index in [0.717, 1.165) is 0 Å². The smallest absolute Gasteiger partial charge is 0.272 e. The van der Waals surface area contributed by atoms with Gasteiger partial charge in [-0.25, -0.2) is 0 Å². The highest BCUT2D eigenvalue weighted by Gasteiger charge is 2.18. The standard InChI is InChI=1S/C13H18N2O4/c1-8(2)11(7-16)14-13(17)10-4-5-12(15(18)19)9(3)6-10/h4-6,8,11,16H,7H2,1-3H3,(H,14,17). The Hall–Kier alpha value is -1.95. The van der Waals surface area contributed by atoms with Crippen LogP contribution in [0, 0.1) is 23.0 Å². The molecule has 1 rings (SSSR count). The van der Waals surface area contributed by atoms with Crippen molar-refractivity contribution in [1.29, 1.82) is 0 Å². The Kier molecular flexibility index (Phi) is 5.00. The van der Waals surface area contributed by atoms with Gasteiger partial charge in [0.2, 0.25) is 0 Å². The van der Waals surface area contributed by atoms with Gasteiger partial charge in [-0.3, -0.25) is 14.9 Å². The summed E-state index contributed by atoms with van der Waals surface area (Å²) < 4.78 is 0. The van der Waals surface area contributed by atoms with E-state index in [1.807, 2.05) is 13.8 Å². The molecule has 1 aromatic carbocycles. The first kappa shape index (κ1) is 15.1. The largest absolute Gasteiger partial charge is 0.394 e. The highest BCUT2D eigenvalue weighted by atomic mass is 16.6. The molecule has 0 aliphatic heterocycles. The lowest BCUT2D eigenvalue weighted by atomic mass is 10.0. The number of carbonyl (C=O) groups is 1. The molecule has 6 heteroatoms. The van der Waals surface area contributed by atoms with Crippen LogP contribution in [0.25, 0.3) is 0 Å². The summed E-state index contributed by atoms with van der Waals surface area (Å²) in [5.74, 6) is -0.237. The number of aryl methyl sites for hydroxylation is 1. The maximum atomic E-state index is 12.0. The van der Waals surface area contributed by atoms with E-state index in [0.29, 0.717) is 11.1 Å². The predicted octanol–water partition coefficient (Wildman–Crippen LogP) is 1.65. The summed E-state index contributed by atoms with van der Waals surface area (Å²) in [5.41, 5.74) is 0.768. The van der Waals surface area contributed by atoms with Crippen LogP contribution in [0.1, 0.15) is 29.8 Å². The van der Waals surface area contributed by atoms with Crippen molar-refractivity contribution in [2.45, 2.75) is 26.8 Å². The molecule has 1 aromatic rings. The van der Waals surface area contributed by atoms with E-state index in [-0.39, 0.29) is 30.2 Å². The number of carbonyl (C=O) groups excluding carboxylic acids is 1. The van der Waals surface area contributed by atoms with Crippen LogP contribution in [0.2, 0.25) is 0 Å². The molecule has 0 bridgehead atoms. The van der Waals surface area contributed by atoms with E-state index >= 15 is 0 Å². The van der Waals surface area contributed by atoms with Crippen molar-refractivity contribution >= 4 is 11.6 Å². The average molecular weight is 266 g/mol. The van der Waals surface area contributed by atoms with E-state index in [1.165, 1.54) is 18.2 Å². The second-order valence-corrected chi connectivity index (χ2v) is 4.76. The van der Waals surface area contributed by atoms with Gasteiger partial charge < -0.3 is 10.4 Å². The first-order valence-corrected chi connectivity index (χ1v) is 6.03. The third kappa shape index (κ3) is 3.75. The second kappa shape index (κ2) is 6.29. The van der Waals surface area contributed by atoms with Crippen molar-refractivity contribution < 1.29 is 14.8 Å². The molecule has 1 unspecified atom stereocenters. The molecule has 0 heterocycles. The van der Waals surface area contributed by atoms with Crippen LogP contribution in [0.3, 0.4) is 0 Å². The Bertz CT molecular complexity index is 486. The fourth-order valence-corrected chi connectivity index (χ4v) is 1.68. The molecule has 19 heavy (non-hydrogen) atoms. The number of nitrogens with one attached hydrogen (secondary N) is 1. The molecule has 0 aliphatic carbocycles. The quantitative estimate of drug-likeness (QED) is 0.626. The van der Waals surface area contributed by atoms with Gasteiger partial charge in [0.25, 0.3) is 11.6 Å². The number of nitrogens with zero attached hydrogens (tertiary/aromatic N) is 1. The van der Waals surface area contributed by atoms with Crippen LogP contribution < -0.4 is 5.32 Å². The lowest BCUT2D eigenvalue weighted by molar-refractivity contribution is -0.385. The molecular formula is C13H18N2O4. The Morgan fingerprint density at radius 3 is 2.53 bits per heavy atom. The molecule has 0 fully saturated rings. The molecule has 0 spiro atoms. The first-order chi connectivity index (χ1) is 8.86. The van der Waals surface area contributed by atoms with Crippen LogP contribution in [0.15, 0.2) is 18.2 Å². The normalized spacial score (nSPS) is 12.3. The van der Waals surface area contributed by atoms with E-state index < -0.39 is 4.92 Å². The zero-order chi connectivity index (χ0) is 14.6. The molecule has 104 valence electrons. The molecule has 2 N–H and O–H groups in total. The van der Waals surface area contributed by atoms with Gasteiger partial charge in [-0.1, -0.05) is 13.8 Å². The van der Waals surface area contributed by atoms with Gasteiger partial charge >= 0.3 is 0 Å². The summed E-state index contributed by atoms with van der Waals surface area (Å²) in [4.78, 5) is 22.2. The Morgan fingerprint density at radius 1 is 1.47 bits per heavy atom. The number of hydrogen-bond acceptors (Lipinski definition) is 4. The zero-order valence-corrected chi connectivity index (χ0v) is 11.2. The van der Waals surface area contributed by atoms with Crippen molar-refractivity contribution in [1.82, 2.24) is 5.32 Å². The number of rotatable bonds is 5. The van der Waals surface area contributed by atoms with Gasteiger partial charge in [-0.15, -0.1) is 0 Å². The van der Waals surface area contributed by atoms with Crippen LogP contribution in [0.5, 0.6) is 0 Å². The molecule has 6 nitrogen and oxygen atoms in total. The summed E-state index contributed by atoms with van der Waals surface area (Å²) >= 11 is 0. The lowest BCUT2D eigenvalue weighted by Crippen LogP contribution is -2.41. The van der Waals surface area contributed by atoms with E-state index in [4.69, 9.17) is 5.11 Å². The van der Waals surface area contributed by atoms with Crippen LogP contribution in [0.4, 0.5) is 5.69 Å². The molecular weight excluding hydrogens is 248 g/mol. The SMILES string of the molecule is Cc1cc(C(=O)NC(CO)C(C)C)ccc1[N+](=O)[O-].